The molecule has 0 bridgehead atoms. The van der Waals surface area contributed by atoms with Crippen LogP contribution in [0.25, 0.3) is 0 Å². The number of ether oxygens (including phenoxy) is 1. The second-order valence-electron chi connectivity index (χ2n) is 6.35. The lowest BCUT2D eigenvalue weighted by Crippen LogP contribution is -2.46. The zero-order valence-electron chi connectivity index (χ0n) is 15.8. The maximum absolute atomic E-state index is 12.5. The Morgan fingerprint density at radius 2 is 2.11 bits per heavy atom. The number of nitrogens with zero attached hydrogens (tertiary/aromatic N) is 5. The summed E-state index contributed by atoms with van der Waals surface area (Å²) in [5.41, 5.74) is 1.64. The highest BCUT2D eigenvalue weighted by Gasteiger charge is 2.26. The van der Waals surface area contributed by atoms with Crippen molar-refractivity contribution in [2.75, 3.05) is 44.6 Å². The van der Waals surface area contributed by atoms with Gasteiger partial charge in [0.15, 0.2) is 0 Å². The van der Waals surface area contributed by atoms with E-state index in [4.69, 9.17) is 4.74 Å². The summed E-state index contributed by atoms with van der Waals surface area (Å²) in [6.45, 7) is 8.02. The van der Waals surface area contributed by atoms with E-state index in [9.17, 15) is 4.79 Å². The van der Waals surface area contributed by atoms with Gasteiger partial charge in [0.2, 0.25) is 5.91 Å². The third kappa shape index (κ3) is 5.21. The molecule has 27 heavy (non-hydrogen) atoms. The Morgan fingerprint density at radius 1 is 1.26 bits per heavy atom. The van der Waals surface area contributed by atoms with Gasteiger partial charge >= 0.3 is 0 Å². The maximum atomic E-state index is 12.5. The number of carbonyl (C=O) groups excluding carboxylic acids is 1. The van der Waals surface area contributed by atoms with Crippen molar-refractivity contribution >= 4 is 17.4 Å². The van der Waals surface area contributed by atoms with E-state index in [1.165, 1.54) is 0 Å². The number of hydrogen-bond donors (Lipinski definition) is 1. The Labute approximate surface area is 159 Å². The summed E-state index contributed by atoms with van der Waals surface area (Å²) >= 11 is 0. The molecule has 0 saturated carbocycles. The predicted octanol–water partition coefficient (Wildman–Crippen LogP) is 1.86. The number of pyridine rings is 1. The van der Waals surface area contributed by atoms with Gasteiger partial charge < -0.3 is 15.0 Å². The van der Waals surface area contributed by atoms with Crippen molar-refractivity contribution in [3.63, 3.8) is 0 Å². The molecule has 1 fully saturated rings. The van der Waals surface area contributed by atoms with E-state index in [1.807, 2.05) is 17.0 Å². The zero-order chi connectivity index (χ0) is 19.1. The minimum absolute atomic E-state index is 0.146. The molecule has 1 amide bonds. The van der Waals surface area contributed by atoms with Crippen LogP contribution in [0.5, 0.6) is 0 Å². The molecule has 144 valence electrons. The molecule has 0 radical (unpaired) electrons. The number of rotatable bonds is 7. The molecular weight excluding hydrogens is 344 g/mol. The van der Waals surface area contributed by atoms with Crippen molar-refractivity contribution in [2.45, 2.75) is 20.0 Å². The van der Waals surface area contributed by atoms with Gasteiger partial charge in [0.25, 0.3) is 0 Å². The summed E-state index contributed by atoms with van der Waals surface area (Å²) in [6, 6.07) is 3.85. The summed E-state index contributed by atoms with van der Waals surface area (Å²) in [4.78, 5) is 29.2. The van der Waals surface area contributed by atoms with Crippen LogP contribution in [0.2, 0.25) is 0 Å². The molecule has 3 rings (SSSR count). The van der Waals surface area contributed by atoms with Crippen LogP contribution in [0, 0.1) is 0 Å². The van der Waals surface area contributed by atoms with Crippen LogP contribution >= 0.6 is 0 Å². The van der Waals surface area contributed by atoms with E-state index < -0.39 is 0 Å². The third-order valence-electron chi connectivity index (χ3n) is 4.62. The van der Waals surface area contributed by atoms with Crippen molar-refractivity contribution in [3.8, 4) is 0 Å². The van der Waals surface area contributed by atoms with Crippen LogP contribution < -0.4 is 5.32 Å². The second kappa shape index (κ2) is 9.38. The van der Waals surface area contributed by atoms with Crippen molar-refractivity contribution in [3.05, 3.63) is 42.6 Å². The Balaban J connectivity index is 1.60. The Bertz CT molecular complexity index is 721. The van der Waals surface area contributed by atoms with Gasteiger partial charge in [-0.2, -0.15) is 0 Å². The molecule has 2 aromatic rings. The number of carbonyl (C=O) groups is 1. The van der Waals surface area contributed by atoms with Gasteiger partial charge in [-0.25, -0.2) is 4.98 Å². The fraction of sp³-hybridized carbons (Fsp3) is 0.474. The van der Waals surface area contributed by atoms with Crippen LogP contribution in [-0.4, -0.2) is 70.0 Å². The molecule has 1 N–H and O–H groups in total. The quantitative estimate of drug-likeness (QED) is 0.796. The Kier molecular flexibility index (Phi) is 6.67. The highest BCUT2D eigenvalue weighted by molar-refractivity contribution is 5.78. The van der Waals surface area contributed by atoms with Gasteiger partial charge in [-0.3, -0.25) is 19.7 Å². The topological polar surface area (TPSA) is 83.5 Å². The Morgan fingerprint density at radius 3 is 2.78 bits per heavy atom. The molecule has 2 aromatic heterocycles. The van der Waals surface area contributed by atoms with Crippen molar-refractivity contribution < 1.29 is 9.53 Å². The highest BCUT2D eigenvalue weighted by atomic mass is 16.5. The molecule has 0 aliphatic carbocycles. The average Bonchev–Trinajstić information content (AvgIpc) is 2.73. The van der Waals surface area contributed by atoms with E-state index >= 15 is 0 Å². The Hall–Kier alpha value is -2.58. The lowest BCUT2D eigenvalue weighted by molar-refractivity contribution is -0.140. The number of anilines is 2. The first-order valence-electron chi connectivity index (χ1n) is 9.30. The lowest BCUT2D eigenvalue weighted by Gasteiger charge is -2.34. The molecule has 3 heterocycles. The van der Waals surface area contributed by atoms with Gasteiger partial charge in [-0.05, 0) is 25.2 Å². The monoisotopic (exact) mass is 370 g/mol. The molecule has 0 aromatic carbocycles. The van der Waals surface area contributed by atoms with Gasteiger partial charge in [0.05, 0.1) is 43.5 Å². The molecule has 0 spiro atoms. The smallest absolute Gasteiger partial charge is 0.236 e. The summed E-state index contributed by atoms with van der Waals surface area (Å²) in [5.74, 6) is 0.807. The standard InChI is InChI=1S/C19H26N6O2/c1-3-24(4-2)14-19(26)25-9-10-27-17(13-25)16-6-5-15(11-22-16)23-18-12-20-7-8-21-18/h5-8,11-12,17H,3-4,9-10,13-14H2,1-2H3,(H,21,23)/t17-/m0/s1. The third-order valence-corrected chi connectivity index (χ3v) is 4.62. The minimum atomic E-state index is -0.204. The summed E-state index contributed by atoms with van der Waals surface area (Å²) < 4.78 is 5.85. The second-order valence-corrected chi connectivity index (χ2v) is 6.35. The van der Waals surface area contributed by atoms with Crippen LogP contribution in [0.3, 0.4) is 0 Å². The van der Waals surface area contributed by atoms with Crippen LogP contribution in [0.1, 0.15) is 25.6 Å². The fourth-order valence-electron chi connectivity index (χ4n) is 2.97. The molecule has 1 atom stereocenters. The van der Waals surface area contributed by atoms with Crippen molar-refractivity contribution in [2.24, 2.45) is 0 Å². The lowest BCUT2D eigenvalue weighted by atomic mass is 10.1. The number of morpholine rings is 1. The fourth-order valence-corrected chi connectivity index (χ4v) is 2.97. The van der Waals surface area contributed by atoms with Gasteiger partial charge in [-0.15, -0.1) is 0 Å². The van der Waals surface area contributed by atoms with Crippen molar-refractivity contribution in [1.29, 1.82) is 0 Å². The molecule has 8 nitrogen and oxygen atoms in total. The number of likely N-dealkylation sites (N-methyl/N-ethyl adjacent to an activating group) is 1. The predicted molar refractivity (Wildman–Crippen MR) is 103 cm³/mol. The minimum Gasteiger partial charge on any atom is -0.368 e. The van der Waals surface area contributed by atoms with E-state index in [-0.39, 0.29) is 12.0 Å². The SMILES string of the molecule is CCN(CC)CC(=O)N1CCO[C@H](c2ccc(Nc3cnccn3)cn2)C1. The molecule has 0 unspecified atom stereocenters. The van der Waals surface area contributed by atoms with Crippen LogP contribution in [0.4, 0.5) is 11.5 Å². The largest absolute Gasteiger partial charge is 0.368 e. The summed E-state index contributed by atoms with van der Waals surface area (Å²) in [6.07, 6.45) is 6.44. The van der Waals surface area contributed by atoms with Crippen LogP contribution in [0.15, 0.2) is 36.9 Å². The number of amides is 1. The molecular formula is C19H26N6O2. The van der Waals surface area contributed by atoms with Crippen LogP contribution in [-0.2, 0) is 9.53 Å². The molecule has 1 aliphatic heterocycles. The summed E-state index contributed by atoms with van der Waals surface area (Å²) in [7, 11) is 0. The van der Waals surface area contributed by atoms with E-state index in [2.05, 4.69) is 39.0 Å². The van der Waals surface area contributed by atoms with Gasteiger partial charge in [0, 0.05) is 18.9 Å². The molecule has 8 heteroatoms. The van der Waals surface area contributed by atoms with E-state index in [1.54, 1.807) is 24.8 Å². The zero-order valence-corrected chi connectivity index (χ0v) is 15.8. The van der Waals surface area contributed by atoms with Gasteiger partial charge in [0.1, 0.15) is 11.9 Å². The maximum Gasteiger partial charge on any atom is 0.236 e. The normalized spacial score (nSPS) is 17.1. The summed E-state index contributed by atoms with van der Waals surface area (Å²) in [5, 5.41) is 3.15. The first-order valence-corrected chi connectivity index (χ1v) is 9.30. The van der Waals surface area contributed by atoms with Crippen molar-refractivity contribution in [1.82, 2.24) is 24.8 Å². The average molecular weight is 370 g/mol. The first-order chi connectivity index (χ1) is 13.2. The van der Waals surface area contributed by atoms with E-state index in [0.29, 0.717) is 32.1 Å². The first kappa shape index (κ1) is 19.2. The number of hydrogen-bond acceptors (Lipinski definition) is 7. The van der Waals surface area contributed by atoms with E-state index in [0.717, 1.165) is 24.5 Å². The number of nitrogens with one attached hydrogen (secondary N) is 1. The van der Waals surface area contributed by atoms with Gasteiger partial charge in [-0.1, -0.05) is 13.8 Å². The molecule has 1 aliphatic rings. The molecule has 1 saturated heterocycles. The highest BCUT2D eigenvalue weighted by Crippen LogP contribution is 2.22. The number of aromatic nitrogens is 3.